The Morgan fingerprint density at radius 3 is 2.32 bits per heavy atom. The van der Waals surface area contributed by atoms with Crippen molar-refractivity contribution in [1.29, 1.82) is 0 Å². The SMILES string of the molecule is CCCCCCC1(c2cc(O)c([C@@H]3CC(=O)[C@@H]4C[C@H]3C4C)c(O)c2)SCCS1. The van der Waals surface area contributed by atoms with E-state index in [1.54, 1.807) is 0 Å². The van der Waals surface area contributed by atoms with Crippen LogP contribution in [0.5, 0.6) is 11.5 Å². The largest absolute Gasteiger partial charge is 0.508 e. The topological polar surface area (TPSA) is 57.5 Å². The molecule has 3 aliphatic carbocycles. The first kappa shape index (κ1) is 20.5. The highest BCUT2D eigenvalue weighted by Crippen LogP contribution is 2.60. The third-order valence-electron chi connectivity index (χ3n) is 7.25. The van der Waals surface area contributed by atoms with Crippen LogP contribution >= 0.6 is 23.5 Å². The number of ketones is 1. The number of thioether (sulfide) groups is 2. The third-order valence-corrected chi connectivity index (χ3v) is 10.8. The minimum absolute atomic E-state index is 0.0362. The molecular weight excluding hydrogens is 388 g/mol. The first-order chi connectivity index (χ1) is 13.5. The molecule has 0 spiro atoms. The Balaban J connectivity index is 1.60. The Hall–Kier alpha value is -0.810. The second-order valence-electron chi connectivity index (χ2n) is 8.83. The number of rotatable bonds is 7. The standard InChI is InChI=1S/C23H32O3S2/c1-3-4-5-6-7-23(27-8-9-28-23)15-10-20(25)22(21(26)11-15)18-13-19(24)17-12-16(18)14(17)2/h10-11,14,16-18,25-26H,3-9,12-13H2,1-2H3/t14?,16-,17+,18+/m0/s1. The van der Waals surface area contributed by atoms with Crippen LogP contribution in [-0.4, -0.2) is 27.5 Å². The van der Waals surface area contributed by atoms with Gasteiger partial charge < -0.3 is 10.2 Å². The summed E-state index contributed by atoms with van der Waals surface area (Å²) in [4.78, 5) is 12.4. The van der Waals surface area contributed by atoms with E-state index in [-0.39, 0.29) is 27.4 Å². The van der Waals surface area contributed by atoms with Gasteiger partial charge in [-0.05, 0) is 42.4 Å². The van der Waals surface area contributed by atoms with Crippen molar-refractivity contribution in [2.24, 2.45) is 17.8 Å². The summed E-state index contributed by atoms with van der Waals surface area (Å²) < 4.78 is -0.0571. The molecule has 1 aliphatic heterocycles. The zero-order valence-corrected chi connectivity index (χ0v) is 18.6. The van der Waals surface area contributed by atoms with Crippen molar-refractivity contribution in [1.82, 2.24) is 0 Å². The van der Waals surface area contributed by atoms with Crippen LogP contribution < -0.4 is 0 Å². The molecule has 5 heteroatoms. The third kappa shape index (κ3) is 3.47. The van der Waals surface area contributed by atoms with E-state index in [4.69, 9.17) is 0 Å². The Bertz CT molecular complexity index is 718. The van der Waals surface area contributed by atoms with Crippen LogP contribution in [0.25, 0.3) is 0 Å². The smallest absolute Gasteiger partial charge is 0.136 e. The van der Waals surface area contributed by atoms with Crippen molar-refractivity contribution in [2.75, 3.05) is 11.5 Å². The molecule has 1 aromatic carbocycles. The minimum atomic E-state index is -0.0571. The van der Waals surface area contributed by atoms with E-state index < -0.39 is 0 Å². The summed E-state index contributed by atoms with van der Waals surface area (Å²) in [5.41, 5.74) is 1.65. The van der Waals surface area contributed by atoms with Crippen molar-refractivity contribution >= 4 is 29.3 Å². The summed E-state index contributed by atoms with van der Waals surface area (Å²) in [5, 5.41) is 21.9. The number of benzene rings is 1. The predicted octanol–water partition coefficient (Wildman–Crippen LogP) is 6.03. The van der Waals surface area contributed by atoms with Gasteiger partial charge in [-0.1, -0.05) is 39.5 Å². The molecule has 3 nitrogen and oxygen atoms in total. The van der Waals surface area contributed by atoms with E-state index in [0.717, 1.165) is 29.9 Å². The predicted molar refractivity (Wildman–Crippen MR) is 118 cm³/mol. The number of carbonyl (C=O) groups is 1. The van der Waals surface area contributed by atoms with E-state index >= 15 is 0 Å². The summed E-state index contributed by atoms with van der Waals surface area (Å²) in [5.74, 6) is 3.85. The van der Waals surface area contributed by atoms with Gasteiger partial charge in [-0.15, -0.1) is 23.5 Å². The summed E-state index contributed by atoms with van der Waals surface area (Å²) in [6, 6.07) is 3.78. The molecule has 4 fully saturated rings. The number of carbonyl (C=O) groups excluding carboxylic acids is 1. The molecule has 1 saturated heterocycles. The molecule has 4 aliphatic rings. The molecule has 1 aromatic rings. The van der Waals surface area contributed by atoms with Gasteiger partial charge in [0.2, 0.25) is 0 Å². The summed E-state index contributed by atoms with van der Waals surface area (Å²) in [6.45, 7) is 4.37. The Labute approximate surface area is 177 Å². The van der Waals surface area contributed by atoms with Crippen LogP contribution in [0.4, 0.5) is 0 Å². The Kier molecular flexibility index (Phi) is 5.95. The van der Waals surface area contributed by atoms with Gasteiger partial charge in [0, 0.05) is 35.3 Å². The minimum Gasteiger partial charge on any atom is -0.508 e. The molecule has 2 N–H and O–H groups in total. The Morgan fingerprint density at radius 1 is 1.07 bits per heavy atom. The van der Waals surface area contributed by atoms with E-state index in [2.05, 4.69) is 13.8 Å². The number of fused-ring (bicyclic) bond motifs is 2. The number of phenols is 2. The van der Waals surface area contributed by atoms with Crippen LogP contribution in [0.15, 0.2) is 12.1 Å². The van der Waals surface area contributed by atoms with Crippen molar-refractivity contribution < 1.29 is 15.0 Å². The maximum atomic E-state index is 12.4. The van der Waals surface area contributed by atoms with Crippen LogP contribution in [0, 0.1) is 17.8 Å². The lowest BCUT2D eigenvalue weighted by atomic mass is 9.52. The number of hydrogen-bond acceptors (Lipinski definition) is 5. The van der Waals surface area contributed by atoms with Gasteiger partial charge in [0.05, 0.1) is 4.08 Å². The molecule has 1 heterocycles. The average Bonchev–Trinajstić information content (AvgIpc) is 3.13. The van der Waals surface area contributed by atoms with Crippen molar-refractivity contribution in [3.8, 4) is 11.5 Å². The van der Waals surface area contributed by atoms with Crippen LogP contribution in [0.3, 0.4) is 0 Å². The van der Waals surface area contributed by atoms with Crippen LogP contribution in [0.2, 0.25) is 0 Å². The fourth-order valence-corrected chi connectivity index (χ4v) is 8.84. The number of aromatic hydroxyl groups is 2. The highest BCUT2D eigenvalue weighted by molar-refractivity contribution is 8.20. The van der Waals surface area contributed by atoms with E-state index in [9.17, 15) is 15.0 Å². The number of hydrogen-bond donors (Lipinski definition) is 2. The molecule has 4 atom stereocenters. The molecule has 0 radical (unpaired) electrons. The molecule has 2 bridgehead atoms. The summed E-state index contributed by atoms with van der Waals surface area (Å²) in [7, 11) is 0. The number of unbranched alkanes of at least 4 members (excludes halogenated alkanes) is 3. The fraction of sp³-hybridized carbons (Fsp3) is 0.696. The number of Topliss-reactive ketones (excluding diaryl/α,β-unsaturated/α-hetero) is 1. The maximum Gasteiger partial charge on any atom is 0.136 e. The molecule has 5 rings (SSSR count). The van der Waals surface area contributed by atoms with E-state index in [1.165, 1.54) is 25.7 Å². The average molecular weight is 421 g/mol. The van der Waals surface area contributed by atoms with Gasteiger partial charge in [0.15, 0.2) is 0 Å². The fourth-order valence-electron chi connectivity index (χ4n) is 5.53. The number of phenolic OH excluding ortho intramolecular Hbond substituents is 2. The second-order valence-corrected chi connectivity index (χ2v) is 11.9. The van der Waals surface area contributed by atoms with Crippen molar-refractivity contribution in [2.45, 2.75) is 68.8 Å². The van der Waals surface area contributed by atoms with Gasteiger partial charge in [-0.25, -0.2) is 0 Å². The van der Waals surface area contributed by atoms with Crippen molar-refractivity contribution in [3.05, 3.63) is 23.3 Å². The lowest BCUT2D eigenvalue weighted by molar-refractivity contribution is -0.139. The van der Waals surface area contributed by atoms with Gasteiger partial charge in [-0.3, -0.25) is 4.79 Å². The van der Waals surface area contributed by atoms with Gasteiger partial charge in [0.1, 0.15) is 17.3 Å². The quantitative estimate of drug-likeness (QED) is 0.528. The monoisotopic (exact) mass is 420 g/mol. The lowest BCUT2D eigenvalue weighted by Crippen LogP contribution is -2.48. The second kappa shape index (κ2) is 8.14. The molecule has 0 amide bonds. The molecule has 0 aromatic heterocycles. The molecular formula is C23H32O3S2. The highest BCUT2D eigenvalue weighted by Gasteiger charge is 2.52. The molecule has 28 heavy (non-hydrogen) atoms. The van der Waals surface area contributed by atoms with Crippen LogP contribution in [0.1, 0.15) is 75.8 Å². The molecule has 154 valence electrons. The lowest BCUT2D eigenvalue weighted by Gasteiger charge is -2.51. The van der Waals surface area contributed by atoms with E-state index in [0.29, 0.717) is 29.6 Å². The van der Waals surface area contributed by atoms with Crippen LogP contribution in [-0.2, 0) is 8.87 Å². The zero-order valence-electron chi connectivity index (χ0n) is 16.9. The maximum absolute atomic E-state index is 12.4. The van der Waals surface area contributed by atoms with Crippen molar-refractivity contribution in [3.63, 3.8) is 0 Å². The Morgan fingerprint density at radius 2 is 1.75 bits per heavy atom. The van der Waals surface area contributed by atoms with Gasteiger partial charge in [-0.2, -0.15) is 0 Å². The molecule has 3 saturated carbocycles. The zero-order chi connectivity index (χ0) is 19.9. The summed E-state index contributed by atoms with van der Waals surface area (Å²) >= 11 is 3.91. The summed E-state index contributed by atoms with van der Waals surface area (Å²) in [6.07, 6.45) is 7.35. The van der Waals surface area contributed by atoms with E-state index in [1.807, 2.05) is 35.7 Å². The first-order valence-electron chi connectivity index (χ1n) is 10.8. The normalized spacial score (nSPS) is 31.0. The van der Waals surface area contributed by atoms with Gasteiger partial charge >= 0.3 is 0 Å². The first-order valence-corrected chi connectivity index (χ1v) is 12.8. The highest BCUT2D eigenvalue weighted by atomic mass is 32.2. The molecule has 1 unspecified atom stereocenters. The van der Waals surface area contributed by atoms with Gasteiger partial charge in [0.25, 0.3) is 0 Å².